The van der Waals surface area contributed by atoms with Gasteiger partial charge in [-0.25, -0.2) is 0 Å². The number of hydrogen-bond donors (Lipinski definition) is 0. The van der Waals surface area contributed by atoms with Crippen LogP contribution in [0.25, 0.3) is 0 Å². The van der Waals surface area contributed by atoms with Crippen molar-refractivity contribution in [2.45, 2.75) is 51.9 Å². The zero-order chi connectivity index (χ0) is 14.8. The van der Waals surface area contributed by atoms with Gasteiger partial charge in [-0.3, -0.25) is 9.59 Å². The molecule has 0 aliphatic heterocycles. The normalized spacial score (nSPS) is 10.3. The Morgan fingerprint density at radius 2 is 1.70 bits per heavy atom. The highest BCUT2D eigenvalue weighted by Crippen LogP contribution is 2.20. The van der Waals surface area contributed by atoms with E-state index in [1.165, 1.54) is 19.3 Å². The zero-order valence-corrected chi connectivity index (χ0v) is 12.6. The third kappa shape index (κ3) is 6.20. The van der Waals surface area contributed by atoms with Crippen molar-refractivity contribution >= 4 is 22.8 Å². The topological polar surface area (TPSA) is 43.4 Å². The molecule has 0 fully saturated rings. The number of benzene rings is 1. The molecule has 3 nitrogen and oxygen atoms in total. The summed E-state index contributed by atoms with van der Waals surface area (Å²) in [6.07, 6.45) is 7.05. The van der Waals surface area contributed by atoms with Crippen LogP contribution in [-0.4, -0.2) is 11.2 Å². The lowest BCUT2D eigenvalue weighted by Crippen LogP contribution is -2.09. The van der Waals surface area contributed by atoms with Gasteiger partial charge in [0.15, 0.2) is 0 Å². The van der Waals surface area contributed by atoms with E-state index in [1.54, 1.807) is 24.3 Å². The minimum atomic E-state index is -0.618. The Kier molecular flexibility index (Phi) is 7.97. The number of esters is 1. The molecule has 0 bridgehead atoms. The van der Waals surface area contributed by atoms with Gasteiger partial charge in [0, 0.05) is 6.42 Å². The molecule has 4 heteroatoms. The first-order valence-electron chi connectivity index (χ1n) is 7.14. The molecule has 0 spiro atoms. The van der Waals surface area contributed by atoms with E-state index in [2.05, 4.69) is 6.92 Å². The number of rotatable bonds is 9. The van der Waals surface area contributed by atoms with Crippen molar-refractivity contribution in [3.05, 3.63) is 29.8 Å². The van der Waals surface area contributed by atoms with Crippen molar-refractivity contribution in [3.8, 4) is 5.75 Å². The first-order chi connectivity index (χ1) is 9.65. The van der Waals surface area contributed by atoms with E-state index >= 15 is 0 Å². The smallest absolute Gasteiger partial charge is 0.311 e. The fourth-order valence-electron chi connectivity index (χ4n) is 1.94. The summed E-state index contributed by atoms with van der Waals surface area (Å²) in [7, 11) is 0. The Labute approximate surface area is 125 Å². The SMILES string of the molecule is CCCCCCCCC(=O)Oc1ccccc1C(=O)Cl. The number of hydrogen-bond acceptors (Lipinski definition) is 3. The third-order valence-electron chi connectivity index (χ3n) is 3.06. The van der Waals surface area contributed by atoms with E-state index in [-0.39, 0.29) is 17.3 Å². The van der Waals surface area contributed by atoms with Crippen molar-refractivity contribution in [2.75, 3.05) is 0 Å². The number of unbranched alkanes of at least 4 members (excludes halogenated alkanes) is 5. The predicted octanol–water partition coefficient (Wildman–Crippen LogP) is 4.72. The molecule has 110 valence electrons. The Morgan fingerprint density at radius 1 is 1.05 bits per heavy atom. The van der Waals surface area contributed by atoms with Gasteiger partial charge in [0.05, 0.1) is 5.56 Å². The van der Waals surface area contributed by atoms with Crippen molar-refractivity contribution in [1.82, 2.24) is 0 Å². The van der Waals surface area contributed by atoms with Crippen molar-refractivity contribution < 1.29 is 14.3 Å². The number of para-hydroxylation sites is 1. The number of carbonyl (C=O) groups excluding carboxylic acids is 2. The lowest BCUT2D eigenvalue weighted by molar-refractivity contribution is -0.134. The number of carbonyl (C=O) groups is 2. The molecule has 0 saturated heterocycles. The molecule has 0 amide bonds. The maximum absolute atomic E-state index is 11.7. The van der Waals surface area contributed by atoms with E-state index in [0.717, 1.165) is 19.3 Å². The molecule has 0 aliphatic carbocycles. The van der Waals surface area contributed by atoms with Crippen LogP contribution in [0.2, 0.25) is 0 Å². The van der Waals surface area contributed by atoms with Crippen LogP contribution in [0, 0.1) is 0 Å². The van der Waals surface area contributed by atoms with Crippen LogP contribution in [0.1, 0.15) is 62.2 Å². The standard InChI is InChI=1S/C16H21ClO3/c1-2-3-4-5-6-7-12-15(18)20-14-11-9-8-10-13(14)16(17)19/h8-11H,2-7,12H2,1H3. The summed E-state index contributed by atoms with van der Waals surface area (Å²) in [6, 6.07) is 6.51. The van der Waals surface area contributed by atoms with E-state index in [9.17, 15) is 9.59 Å². The summed E-state index contributed by atoms with van der Waals surface area (Å²) in [5.41, 5.74) is 0.227. The summed E-state index contributed by atoms with van der Waals surface area (Å²) in [5, 5.41) is -0.618. The van der Waals surface area contributed by atoms with Gasteiger partial charge in [-0.1, -0.05) is 51.2 Å². The zero-order valence-electron chi connectivity index (χ0n) is 11.9. The van der Waals surface area contributed by atoms with Crippen LogP contribution in [-0.2, 0) is 4.79 Å². The van der Waals surface area contributed by atoms with Crippen LogP contribution in [0.15, 0.2) is 24.3 Å². The van der Waals surface area contributed by atoms with Gasteiger partial charge >= 0.3 is 5.97 Å². The molecule has 1 rings (SSSR count). The lowest BCUT2D eigenvalue weighted by atomic mass is 10.1. The highest BCUT2D eigenvalue weighted by atomic mass is 35.5. The van der Waals surface area contributed by atoms with Gasteiger partial charge < -0.3 is 4.74 Å². The molecule has 0 saturated carbocycles. The van der Waals surface area contributed by atoms with E-state index in [0.29, 0.717) is 6.42 Å². The summed E-state index contributed by atoms with van der Waals surface area (Å²) in [6.45, 7) is 2.17. The monoisotopic (exact) mass is 296 g/mol. The molecule has 0 unspecified atom stereocenters. The second-order valence-corrected chi connectivity index (χ2v) is 5.10. The van der Waals surface area contributed by atoms with Crippen LogP contribution >= 0.6 is 11.6 Å². The minimum absolute atomic E-state index is 0.227. The van der Waals surface area contributed by atoms with Crippen molar-refractivity contribution in [1.29, 1.82) is 0 Å². The van der Waals surface area contributed by atoms with Crippen molar-refractivity contribution in [3.63, 3.8) is 0 Å². The van der Waals surface area contributed by atoms with E-state index < -0.39 is 5.24 Å². The Bertz CT molecular complexity index is 443. The fraction of sp³-hybridized carbons (Fsp3) is 0.500. The average molecular weight is 297 g/mol. The third-order valence-corrected chi connectivity index (χ3v) is 3.26. The number of ether oxygens (including phenoxy) is 1. The molecule has 1 aromatic carbocycles. The summed E-state index contributed by atoms with van der Waals surface area (Å²) >= 11 is 5.44. The van der Waals surface area contributed by atoms with Gasteiger partial charge in [-0.15, -0.1) is 0 Å². The fourth-order valence-corrected chi connectivity index (χ4v) is 2.10. The maximum atomic E-state index is 11.7. The van der Waals surface area contributed by atoms with Gasteiger partial charge in [-0.2, -0.15) is 0 Å². The summed E-state index contributed by atoms with van der Waals surface area (Å²) in [4.78, 5) is 22.9. The largest absolute Gasteiger partial charge is 0.426 e. The van der Waals surface area contributed by atoms with Crippen LogP contribution in [0.3, 0.4) is 0 Å². The van der Waals surface area contributed by atoms with Crippen LogP contribution < -0.4 is 4.74 Å². The van der Waals surface area contributed by atoms with Gasteiger partial charge in [-0.05, 0) is 30.2 Å². The highest BCUT2D eigenvalue weighted by Gasteiger charge is 2.12. The first-order valence-corrected chi connectivity index (χ1v) is 7.52. The van der Waals surface area contributed by atoms with Gasteiger partial charge in [0.2, 0.25) is 0 Å². The maximum Gasteiger partial charge on any atom is 0.311 e. The molecule has 1 aromatic rings. The average Bonchev–Trinajstić information content (AvgIpc) is 2.43. The van der Waals surface area contributed by atoms with E-state index in [1.807, 2.05) is 0 Å². The first kappa shape index (κ1) is 16.7. The van der Waals surface area contributed by atoms with Crippen LogP contribution in [0.4, 0.5) is 0 Å². The van der Waals surface area contributed by atoms with Crippen LogP contribution in [0.5, 0.6) is 5.75 Å². The van der Waals surface area contributed by atoms with Gasteiger partial charge in [0.25, 0.3) is 5.24 Å². The minimum Gasteiger partial charge on any atom is -0.426 e. The molecular formula is C16H21ClO3. The van der Waals surface area contributed by atoms with Crippen molar-refractivity contribution in [2.24, 2.45) is 0 Å². The molecule has 0 radical (unpaired) electrons. The Morgan fingerprint density at radius 3 is 2.40 bits per heavy atom. The molecule has 0 aliphatic rings. The summed E-state index contributed by atoms with van der Waals surface area (Å²) in [5.74, 6) is -0.0747. The predicted molar refractivity (Wildman–Crippen MR) is 80.3 cm³/mol. The highest BCUT2D eigenvalue weighted by molar-refractivity contribution is 6.68. The number of halogens is 1. The van der Waals surface area contributed by atoms with E-state index in [4.69, 9.17) is 16.3 Å². The molecule has 20 heavy (non-hydrogen) atoms. The summed E-state index contributed by atoms with van der Waals surface area (Å²) < 4.78 is 5.19. The molecule has 0 atom stereocenters. The molecule has 0 heterocycles. The Hall–Kier alpha value is -1.35. The lowest BCUT2D eigenvalue weighted by Gasteiger charge is -2.07. The molecule has 0 aromatic heterocycles. The Balaban J connectivity index is 2.34. The second-order valence-electron chi connectivity index (χ2n) is 4.76. The molecular weight excluding hydrogens is 276 g/mol. The second kappa shape index (κ2) is 9.54. The van der Waals surface area contributed by atoms with Gasteiger partial charge in [0.1, 0.15) is 5.75 Å². The molecule has 0 N–H and O–H groups in total. The quantitative estimate of drug-likeness (QED) is 0.286.